The topological polar surface area (TPSA) is 89.8 Å². The van der Waals surface area contributed by atoms with Gasteiger partial charge in [-0.1, -0.05) is 30.3 Å². The van der Waals surface area contributed by atoms with E-state index in [0.717, 1.165) is 5.56 Å². The molecule has 0 saturated heterocycles. The molecule has 3 aromatic carbocycles. The number of ether oxygens (including phenoxy) is 1. The van der Waals surface area contributed by atoms with Gasteiger partial charge in [-0.25, -0.2) is 0 Å². The number of fused-ring (bicyclic) bond motifs is 1. The Morgan fingerprint density at radius 2 is 1.55 bits per heavy atom. The van der Waals surface area contributed by atoms with Crippen LogP contribution in [0.5, 0.6) is 5.75 Å². The van der Waals surface area contributed by atoms with E-state index in [1.54, 1.807) is 73.8 Å². The number of hydrogen-bond donors (Lipinski definition) is 0. The van der Waals surface area contributed by atoms with E-state index in [4.69, 9.17) is 4.74 Å². The highest BCUT2D eigenvalue weighted by Crippen LogP contribution is 2.31. The number of carbonyl (C=O) groups excluding carboxylic acids is 2. The lowest BCUT2D eigenvalue weighted by atomic mass is 9.91. The summed E-state index contributed by atoms with van der Waals surface area (Å²) < 4.78 is 5.16. The van der Waals surface area contributed by atoms with E-state index in [9.17, 15) is 19.7 Å². The van der Waals surface area contributed by atoms with Crippen LogP contribution in [-0.2, 0) is 11.3 Å². The Bertz CT molecular complexity index is 1200. The number of imide groups is 1. The molecule has 0 fully saturated rings. The number of non-ortho nitro benzene ring substituents is 1. The van der Waals surface area contributed by atoms with Crippen molar-refractivity contribution in [3.05, 3.63) is 105 Å². The van der Waals surface area contributed by atoms with Crippen LogP contribution in [-0.4, -0.2) is 28.7 Å². The van der Waals surface area contributed by atoms with Crippen LogP contribution in [0.4, 0.5) is 5.69 Å². The molecule has 4 rings (SSSR count). The van der Waals surface area contributed by atoms with Crippen LogP contribution in [0, 0.1) is 10.1 Å². The van der Waals surface area contributed by atoms with Gasteiger partial charge in [0.1, 0.15) is 5.75 Å². The van der Waals surface area contributed by atoms with Gasteiger partial charge in [-0.2, -0.15) is 0 Å². The zero-order chi connectivity index (χ0) is 22.0. The number of carbonyl (C=O) groups is 2. The Hall–Kier alpha value is -4.26. The van der Waals surface area contributed by atoms with Crippen molar-refractivity contribution in [3.63, 3.8) is 0 Å². The fourth-order valence-electron chi connectivity index (χ4n) is 3.46. The molecule has 0 saturated carbocycles. The fourth-order valence-corrected chi connectivity index (χ4v) is 3.46. The number of methoxy groups -OCH3 is 1. The predicted octanol–water partition coefficient (Wildman–Crippen LogP) is 4.33. The van der Waals surface area contributed by atoms with Gasteiger partial charge >= 0.3 is 0 Å². The monoisotopic (exact) mass is 414 g/mol. The summed E-state index contributed by atoms with van der Waals surface area (Å²) in [6, 6.07) is 20.0. The molecule has 7 heteroatoms. The van der Waals surface area contributed by atoms with Gasteiger partial charge in [0, 0.05) is 23.3 Å². The van der Waals surface area contributed by atoms with Crippen LogP contribution in [0.2, 0.25) is 0 Å². The van der Waals surface area contributed by atoms with Gasteiger partial charge in [0.05, 0.1) is 18.6 Å². The van der Waals surface area contributed by atoms with Gasteiger partial charge < -0.3 is 4.74 Å². The molecule has 1 aliphatic heterocycles. The van der Waals surface area contributed by atoms with Crippen molar-refractivity contribution in [1.29, 1.82) is 0 Å². The largest absolute Gasteiger partial charge is 0.497 e. The van der Waals surface area contributed by atoms with Crippen LogP contribution in [0.25, 0.3) is 11.6 Å². The second kappa shape index (κ2) is 8.23. The van der Waals surface area contributed by atoms with E-state index >= 15 is 0 Å². The Morgan fingerprint density at radius 3 is 2.16 bits per heavy atom. The molecule has 0 bridgehead atoms. The van der Waals surface area contributed by atoms with Crippen molar-refractivity contribution in [1.82, 2.24) is 4.90 Å². The molecule has 0 aliphatic carbocycles. The minimum atomic E-state index is -0.479. The van der Waals surface area contributed by atoms with Crippen molar-refractivity contribution in [2.75, 3.05) is 7.11 Å². The first-order valence-electron chi connectivity index (χ1n) is 9.52. The molecule has 1 heterocycles. The van der Waals surface area contributed by atoms with E-state index in [1.165, 1.54) is 17.0 Å². The highest BCUT2D eigenvalue weighted by atomic mass is 16.6. The predicted molar refractivity (Wildman–Crippen MR) is 115 cm³/mol. The van der Waals surface area contributed by atoms with Gasteiger partial charge in [0.2, 0.25) is 0 Å². The molecule has 3 aromatic rings. The third-order valence-corrected chi connectivity index (χ3v) is 5.08. The lowest BCUT2D eigenvalue weighted by molar-refractivity contribution is -0.384. The molecule has 0 radical (unpaired) electrons. The summed E-state index contributed by atoms with van der Waals surface area (Å²) in [7, 11) is 1.57. The zero-order valence-electron chi connectivity index (χ0n) is 16.6. The molecular formula is C24H18N2O5. The van der Waals surface area contributed by atoms with Crippen LogP contribution in [0.15, 0.2) is 72.8 Å². The molecular weight excluding hydrogens is 396 g/mol. The maximum atomic E-state index is 13.3. The summed E-state index contributed by atoms with van der Waals surface area (Å²) in [6.07, 6.45) is 1.65. The highest BCUT2D eigenvalue weighted by molar-refractivity contribution is 6.33. The summed E-state index contributed by atoms with van der Waals surface area (Å²) in [5.74, 6) is -0.0979. The molecule has 2 amide bonds. The third kappa shape index (κ3) is 3.93. The van der Waals surface area contributed by atoms with Crippen LogP contribution >= 0.6 is 0 Å². The van der Waals surface area contributed by atoms with Crippen molar-refractivity contribution < 1.29 is 19.2 Å². The van der Waals surface area contributed by atoms with Gasteiger partial charge in [0.15, 0.2) is 0 Å². The molecule has 7 nitrogen and oxygen atoms in total. The summed E-state index contributed by atoms with van der Waals surface area (Å²) >= 11 is 0. The maximum absolute atomic E-state index is 13.3. The zero-order valence-corrected chi connectivity index (χ0v) is 16.6. The minimum absolute atomic E-state index is 0.0335. The Labute approximate surface area is 178 Å². The average molecular weight is 414 g/mol. The maximum Gasteiger partial charge on any atom is 0.269 e. The molecule has 0 N–H and O–H groups in total. The van der Waals surface area contributed by atoms with Crippen LogP contribution < -0.4 is 4.74 Å². The van der Waals surface area contributed by atoms with Crippen LogP contribution in [0.3, 0.4) is 0 Å². The standard InChI is InChI=1S/C24H18N2O5/c1-31-19-12-8-17(9-13-19)15-25-23(27)21-5-3-2-4-20(21)22(24(25)28)14-16-6-10-18(11-7-16)26(29)30/h2-14H,15H2,1H3/b22-14-. The number of amides is 2. The first-order chi connectivity index (χ1) is 15.0. The van der Waals surface area contributed by atoms with Crippen molar-refractivity contribution in [2.24, 2.45) is 0 Å². The molecule has 31 heavy (non-hydrogen) atoms. The average Bonchev–Trinajstić information content (AvgIpc) is 2.80. The molecule has 154 valence electrons. The number of nitro groups is 1. The lowest BCUT2D eigenvalue weighted by Gasteiger charge is -2.28. The summed E-state index contributed by atoms with van der Waals surface area (Å²) in [6.45, 7) is 0.119. The summed E-state index contributed by atoms with van der Waals surface area (Å²) in [4.78, 5) is 38.0. The number of nitro benzene ring substituents is 1. The van der Waals surface area contributed by atoms with Crippen molar-refractivity contribution >= 4 is 29.2 Å². The molecule has 0 aromatic heterocycles. The fraction of sp³-hybridized carbons (Fsp3) is 0.0833. The molecule has 0 unspecified atom stereocenters. The SMILES string of the molecule is COc1ccc(CN2C(=O)/C(=C\c3ccc([N+](=O)[O-])cc3)c3ccccc3C2=O)cc1. The van der Waals surface area contributed by atoms with Gasteiger partial charge in [0.25, 0.3) is 17.5 Å². The molecule has 0 spiro atoms. The number of benzene rings is 3. The third-order valence-electron chi connectivity index (χ3n) is 5.08. The number of rotatable bonds is 5. The summed E-state index contributed by atoms with van der Waals surface area (Å²) in [5, 5.41) is 10.9. The van der Waals surface area contributed by atoms with Crippen molar-refractivity contribution in [2.45, 2.75) is 6.54 Å². The minimum Gasteiger partial charge on any atom is -0.497 e. The lowest BCUT2D eigenvalue weighted by Crippen LogP contribution is -2.41. The summed E-state index contributed by atoms with van der Waals surface area (Å²) in [5.41, 5.74) is 2.72. The quantitative estimate of drug-likeness (QED) is 0.268. The van der Waals surface area contributed by atoms with Gasteiger partial charge in [-0.3, -0.25) is 24.6 Å². The van der Waals surface area contributed by atoms with E-state index in [-0.39, 0.29) is 18.1 Å². The Kier molecular flexibility index (Phi) is 5.32. The first kappa shape index (κ1) is 20.0. The van der Waals surface area contributed by atoms with Gasteiger partial charge in [-0.15, -0.1) is 0 Å². The van der Waals surface area contributed by atoms with Gasteiger partial charge in [-0.05, 0) is 53.1 Å². The molecule has 1 aliphatic rings. The van der Waals surface area contributed by atoms with E-state index in [1.807, 2.05) is 0 Å². The first-order valence-corrected chi connectivity index (χ1v) is 9.52. The smallest absolute Gasteiger partial charge is 0.269 e. The highest BCUT2D eigenvalue weighted by Gasteiger charge is 2.34. The van der Waals surface area contributed by atoms with E-state index < -0.39 is 10.8 Å². The second-order valence-electron chi connectivity index (χ2n) is 7.00. The molecule has 0 atom stereocenters. The van der Waals surface area contributed by atoms with E-state index in [2.05, 4.69) is 0 Å². The second-order valence-corrected chi connectivity index (χ2v) is 7.00. The van der Waals surface area contributed by atoms with Crippen LogP contribution in [0.1, 0.15) is 27.0 Å². The number of nitrogens with zero attached hydrogens (tertiary/aromatic N) is 2. The Morgan fingerprint density at radius 1 is 0.903 bits per heavy atom. The number of hydrogen-bond acceptors (Lipinski definition) is 5. The van der Waals surface area contributed by atoms with Crippen molar-refractivity contribution in [3.8, 4) is 5.75 Å². The van der Waals surface area contributed by atoms with E-state index in [0.29, 0.717) is 28.0 Å². The Balaban J connectivity index is 1.73. The normalized spacial score (nSPS) is 14.5.